The van der Waals surface area contributed by atoms with E-state index in [2.05, 4.69) is 20.2 Å². The van der Waals surface area contributed by atoms with Gasteiger partial charge in [0.15, 0.2) is 11.5 Å². The number of amides is 2. The van der Waals surface area contributed by atoms with Crippen LogP contribution in [0, 0.1) is 5.82 Å². The van der Waals surface area contributed by atoms with Gasteiger partial charge in [-0.1, -0.05) is 42.5 Å². The Labute approximate surface area is 180 Å². The van der Waals surface area contributed by atoms with Crippen molar-refractivity contribution in [3.05, 3.63) is 89.7 Å². The molecule has 0 atom stereocenters. The van der Waals surface area contributed by atoms with E-state index in [4.69, 9.17) is 0 Å². The summed E-state index contributed by atoms with van der Waals surface area (Å²) in [5.74, 6) is -0.638. The zero-order chi connectivity index (χ0) is 22.3. The van der Waals surface area contributed by atoms with Crippen LogP contribution in [0.5, 0.6) is 11.5 Å². The molecule has 32 heavy (non-hydrogen) atoms. The van der Waals surface area contributed by atoms with E-state index < -0.39 is 12.3 Å². The fourth-order valence-electron chi connectivity index (χ4n) is 3.55. The van der Waals surface area contributed by atoms with Crippen LogP contribution in [0.3, 0.4) is 0 Å². The zero-order valence-electron chi connectivity index (χ0n) is 16.4. The first-order valence-corrected chi connectivity index (χ1v) is 9.67. The standard InChI is InChI=1S/C23H16F3N3O3/c24-16-8-6-14(7-9-16)18-13-29(28-21(18)15-4-2-1-3-5-15)22(30)27-17-10-11-19-20(12-17)32-23(25,26)31-19/h1-12,28H,13H2,(H,27,30). The van der Waals surface area contributed by atoms with E-state index in [0.29, 0.717) is 5.70 Å². The van der Waals surface area contributed by atoms with Crippen LogP contribution in [0.25, 0.3) is 11.3 Å². The number of hydrazine groups is 1. The van der Waals surface area contributed by atoms with E-state index >= 15 is 0 Å². The number of hydrogen-bond donors (Lipinski definition) is 2. The van der Waals surface area contributed by atoms with Crippen LogP contribution in [-0.4, -0.2) is 23.9 Å². The number of hydrogen-bond acceptors (Lipinski definition) is 4. The van der Waals surface area contributed by atoms with Crippen molar-refractivity contribution in [3.8, 4) is 11.5 Å². The van der Waals surface area contributed by atoms with Crippen LogP contribution in [0.15, 0.2) is 72.8 Å². The molecular formula is C23H16F3N3O3. The second-order valence-corrected chi connectivity index (χ2v) is 7.18. The van der Waals surface area contributed by atoms with Crippen molar-refractivity contribution < 1.29 is 27.4 Å². The molecule has 2 aliphatic heterocycles. The maximum atomic E-state index is 13.4. The third-order valence-corrected chi connectivity index (χ3v) is 5.02. The van der Waals surface area contributed by atoms with Crippen LogP contribution < -0.4 is 20.2 Å². The number of nitrogens with zero attached hydrogens (tertiary/aromatic N) is 1. The van der Waals surface area contributed by atoms with Crippen LogP contribution >= 0.6 is 0 Å². The Morgan fingerprint density at radius 1 is 0.938 bits per heavy atom. The molecule has 0 aliphatic carbocycles. The lowest BCUT2D eigenvalue weighted by atomic mass is 10.0. The molecule has 0 spiro atoms. The summed E-state index contributed by atoms with van der Waals surface area (Å²) in [7, 11) is 0. The number of ether oxygens (including phenoxy) is 2. The maximum absolute atomic E-state index is 13.4. The minimum atomic E-state index is -3.74. The molecule has 0 bridgehead atoms. The highest BCUT2D eigenvalue weighted by Crippen LogP contribution is 2.42. The topological polar surface area (TPSA) is 62.8 Å². The van der Waals surface area contributed by atoms with Gasteiger partial charge in [-0.15, -0.1) is 8.78 Å². The number of halogens is 3. The molecule has 0 aromatic heterocycles. The number of urea groups is 1. The van der Waals surface area contributed by atoms with Gasteiger partial charge in [0, 0.05) is 17.3 Å². The third-order valence-electron chi connectivity index (χ3n) is 5.02. The number of rotatable bonds is 3. The first-order chi connectivity index (χ1) is 15.4. The van der Waals surface area contributed by atoms with Gasteiger partial charge in [0.25, 0.3) is 0 Å². The molecule has 3 aromatic rings. The van der Waals surface area contributed by atoms with Gasteiger partial charge in [0.05, 0.1) is 12.2 Å². The summed E-state index contributed by atoms with van der Waals surface area (Å²) < 4.78 is 48.7. The van der Waals surface area contributed by atoms with Crippen molar-refractivity contribution in [3.63, 3.8) is 0 Å². The number of benzene rings is 3. The molecule has 0 fully saturated rings. The number of nitrogens with one attached hydrogen (secondary N) is 2. The normalized spacial score (nSPS) is 16.2. The monoisotopic (exact) mass is 439 g/mol. The Hall–Kier alpha value is -4.14. The van der Waals surface area contributed by atoms with E-state index in [1.54, 1.807) is 12.1 Å². The summed E-state index contributed by atoms with van der Waals surface area (Å²) in [6.07, 6.45) is -3.74. The second kappa shape index (κ2) is 7.52. The molecule has 0 radical (unpaired) electrons. The molecular weight excluding hydrogens is 423 g/mol. The third kappa shape index (κ3) is 3.80. The molecule has 2 N–H and O–H groups in total. The molecule has 2 heterocycles. The Bertz CT molecular complexity index is 1210. The molecule has 0 saturated carbocycles. The summed E-state index contributed by atoms with van der Waals surface area (Å²) in [6.45, 7) is 0.199. The van der Waals surface area contributed by atoms with Gasteiger partial charge in [-0.05, 0) is 35.4 Å². The lowest BCUT2D eigenvalue weighted by molar-refractivity contribution is -0.286. The second-order valence-electron chi connectivity index (χ2n) is 7.18. The number of anilines is 1. The maximum Gasteiger partial charge on any atom is 0.586 e. The highest BCUT2D eigenvalue weighted by Gasteiger charge is 2.43. The lowest BCUT2D eigenvalue weighted by Crippen LogP contribution is -2.40. The smallest absolute Gasteiger partial charge is 0.395 e. The predicted molar refractivity (Wildman–Crippen MR) is 111 cm³/mol. The predicted octanol–water partition coefficient (Wildman–Crippen LogP) is 5.07. The van der Waals surface area contributed by atoms with E-state index in [1.807, 2.05) is 30.3 Å². The Morgan fingerprint density at radius 2 is 1.66 bits per heavy atom. The first kappa shape index (κ1) is 19.8. The average Bonchev–Trinajstić information content (AvgIpc) is 3.35. The summed E-state index contributed by atoms with van der Waals surface area (Å²) in [5, 5.41) is 4.00. The van der Waals surface area contributed by atoms with E-state index in [9.17, 15) is 18.0 Å². The first-order valence-electron chi connectivity index (χ1n) is 9.67. The molecule has 6 nitrogen and oxygen atoms in total. The van der Waals surface area contributed by atoms with Crippen molar-refractivity contribution in [1.29, 1.82) is 0 Å². The van der Waals surface area contributed by atoms with Gasteiger partial charge in [0.1, 0.15) is 5.82 Å². The van der Waals surface area contributed by atoms with Gasteiger partial charge in [-0.25, -0.2) is 14.2 Å². The van der Waals surface area contributed by atoms with Gasteiger partial charge < -0.3 is 14.8 Å². The van der Waals surface area contributed by atoms with Gasteiger partial charge in [-0.2, -0.15) is 0 Å². The molecule has 9 heteroatoms. The SMILES string of the molecule is O=C(Nc1ccc2c(c1)OC(F)(F)O2)N1CC(c2ccc(F)cc2)=C(c2ccccc2)N1. The number of alkyl halides is 2. The van der Waals surface area contributed by atoms with Gasteiger partial charge in [0.2, 0.25) is 0 Å². The molecule has 2 aliphatic rings. The Balaban J connectivity index is 1.38. The largest absolute Gasteiger partial charge is 0.586 e. The van der Waals surface area contributed by atoms with Crippen LogP contribution in [-0.2, 0) is 0 Å². The van der Waals surface area contributed by atoms with Gasteiger partial charge in [-0.3, -0.25) is 5.43 Å². The average molecular weight is 439 g/mol. The van der Waals surface area contributed by atoms with Crippen LogP contribution in [0.1, 0.15) is 11.1 Å². The number of carbonyl (C=O) groups excluding carboxylic acids is 1. The van der Waals surface area contributed by atoms with Crippen LogP contribution in [0.2, 0.25) is 0 Å². The van der Waals surface area contributed by atoms with E-state index in [0.717, 1.165) is 16.7 Å². The van der Waals surface area contributed by atoms with Crippen molar-refractivity contribution in [2.24, 2.45) is 0 Å². The number of carbonyl (C=O) groups is 1. The van der Waals surface area contributed by atoms with E-state index in [1.165, 1.54) is 35.3 Å². The van der Waals surface area contributed by atoms with Crippen molar-refractivity contribution in [2.45, 2.75) is 6.29 Å². The molecule has 5 rings (SSSR count). The van der Waals surface area contributed by atoms with Gasteiger partial charge >= 0.3 is 12.3 Å². The Kier molecular flexibility index (Phi) is 4.66. The lowest BCUT2D eigenvalue weighted by Gasteiger charge is -2.19. The zero-order valence-corrected chi connectivity index (χ0v) is 16.4. The molecule has 0 unspecified atom stereocenters. The summed E-state index contributed by atoms with van der Waals surface area (Å²) in [4.78, 5) is 12.9. The number of fused-ring (bicyclic) bond motifs is 1. The molecule has 2 amide bonds. The molecule has 0 saturated heterocycles. The fraction of sp³-hybridized carbons (Fsp3) is 0.0870. The van der Waals surface area contributed by atoms with Crippen LogP contribution in [0.4, 0.5) is 23.7 Å². The highest BCUT2D eigenvalue weighted by molar-refractivity contribution is 5.98. The fourth-order valence-corrected chi connectivity index (χ4v) is 3.55. The Morgan fingerprint density at radius 3 is 2.41 bits per heavy atom. The minimum absolute atomic E-state index is 0.112. The molecule has 3 aromatic carbocycles. The summed E-state index contributed by atoms with van der Waals surface area (Å²) in [6, 6.07) is 18.9. The van der Waals surface area contributed by atoms with Crippen molar-refractivity contribution in [2.75, 3.05) is 11.9 Å². The quantitative estimate of drug-likeness (QED) is 0.598. The van der Waals surface area contributed by atoms with Crippen molar-refractivity contribution >= 4 is 23.0 Å². The highest BCUT2D eigenvalue weighted by atomic mass is 19.3. The van der Waals surface area contributed by atoms with E-state index in [-0.39, 0.29) is 29.5 Å². The minimum Gasteiger partial charge on any atom is -0.395 e. The molecule has 162 valence electrons. The summed E-state index contributed by atoms with van der Waals surface area (Å²) in [5.41, 5.74) is 6.47. The summed E-state index contributed by atoms with van der Waals surface area (Å²) >= 11 is 0. The van der Waals surface area contributed by atoms with Crippen molar-refractivity contribution in [1.82, 2.24) is 10.4 Å².